The van der Waals surface area contributed by atoms with Crippen molar-refractivity contribution >= 4 is 17.5 Å². The summed E-state index contributed by atoms with van der Waals surface area (Å²) in [6, 6.07) is 12.9. The van der Waals surface area contributed by atoms with Crippen LogP contribution in [0.15, 0.2) is 48.5 Å². The summed E-state index contributed by atoms with van der Waals surface area (Å²) >= 11 is 0. The van der Waals surface area contributed by atoms with Crippen molar-refractivity contribution in [3.8, 4) is 0 Å². The van der Waals surface area contributed by atoms with Crippen LogP contribution in [-0.2, 0) is 11.2 Å². The van der Waals surface area contributed by atoms with Crippen molar-refractivity contribution in [2.24, 2.45) is 5.92 Å². The fourth-order valence-corrected chi connectivity index (χ4v) is 2.24. The molecule has 0 unspecified atom stereocenters. The summed E-state index contributed by atoms with van der Waals surface area (Å²) in [5.74, 6) is -0.140. The molecule has 0 saturated carbocycles. The number of hydrogen-bond acceptors (Lipinski definition) is 2. The van der Waals surface area contributed by atoms with Crippen LogP contribution in [0.1, 0.15) is 36.2 Å². The number of amides is 2. The Kier molecular flexibility index (Phi) is 6.69. The maximum Gasteiger partial charge on any atom is 0.251 e. The molecule has 2 aromatic rings. The lowest BCUT2D eigenvalue weighted by Crippen LogP contribution is -2.27. The zero-order chi connectivity index (χ0) is 18.2. The smallest absolute Gasteiger partial charge is 0.251 e. The van der Waals surface area contributed by atoms with E-state index in [9.17, 15) is 14.0 Å². The topological polar surface area (TPSA) is 58.2 Å². The van der Waals surface area contributed by atoms with Gasteiger partial charge in [0.25, 0.3) is 5.91 Å². The number of halogens is 1. The number of anilines is 1. The molecular formula is C20H23FN2O2. The number of rotatable bonds is 7. The molecule has 0 spiro atoms. The Morgan fingerprint density at radius 2 is 1.64 bits per heavy atom. The largest absolute Gasteiger partial charge is 0.352 e. The highest BCUT2D eigenvalue weighted by atomic mass is 19.1. The van der Waals surface area contributed by atoms with Gasteiger partial charge >= 0.3 is 0 Å². The van der Waals surface area contributed by atoms with Crippen LogP contribution in [-0.4, -0.2) is 18.4 Å². The monoisotopic (exact) mass is 342 g/mol. The van der Waals surface area contributed by atoms with Gasteiger partial charge in [0.1, 0.15) is 5.82 Å². The molecule has 132 valence electrons. The second kappa shape index (κ2) is 8.97. The third-order valence-electron chi connectivity index (χ3n) is 3.66. The van der Waals surface area contributed by atoms with Crippen LogP contribution in [0.3, 0.4) is 0 Å². The summed E-state index contributed by atoms with van der Waals surface area (Å²) in [5.41, 5.74) is 2.11. The van der Waals surface area contributed by atoms with Crippen molar-refractivity contribution in [1.29, 1.82) is 0 Å². The lowest BCUT2D eigenvalue weighted by Gasteiger charge is -2.09. The second-order valence-electron chi connectivity index (χ2n) is 6.36. The molecule has 2 N–H and O–H groups in total. The van der Waals surface area contributed by atoms with Crippen LogP contribution in [0.25, 0.3) is 0 Å². The Morgan fingerprint density at radius 1 is 1.00 bits per heavy atom. The molecule has 2 rings (SSSR count). The Labute approximate surface area is 147 Å². The first-order chi connectivity index (χ1) is 11.9. The van der Waals surface area contributed by atoms with Gasteiger partial charge in [-0.2, -0.15) is 0 Å². The molecule has 0 aromatic heterocycles. The molecule has 5 heteroatoms. The average Bonchev–Trinajstić information content (AvgIpc) is 2.60. The van der Waals surface area contributed by atoms with Crippen LogP contribution in [0.5, 0.6) is 0 Å². The van der Waals surface area contributed by atoms with E-state index >= 15 is 0 Å². The molecule has 0 atom stereocenters. The van der Waals surface area contributed by atoms with Crippen LogP contribution in [0, 0.1) is 11.7 Å². The number of aryl methyl sites for hydroxylation is 1. The molecule has 0 aliphatic carbocycles. The zero-order valence-corrected chi connectivity index (χ0v) is 14.5. The van der Waals surface area contributed by atoms with Gasteiger partial charge in [0.2, 0.25) is 5.91 Å². The maximum atomic E-state index is 12.8. The SMILES string of the molecule is CC(C)CNC(=O)c1ccc(NC(=O)CCc2ccc(F)cc2)cc1. The van der Waals surface area contributed by atoms with E-state index in [0.717, 1.165) is 5.56 Å². The Bertz CT molecular complexity index is 709. The number of carbonyl (C=O) groups excluding carboxylic acids is 2. The summed E-state index contributed by atoms with van der Waals surface area (Å²) in [6.45, 7) is 4.69. The van der Waals surface area contributed by atoms with E-state index in [1.807, 2.05) is 13.8 Å². The minimum atomic E-state index is -0.286. The van der Waals surface area contributed by atoms with Crippen LogP contribution >= 0.6 is 0 Å². The zero-order valence-electron chi connectivity index (χ0n) is 14.5. The molecule has 0 saturated heterocycles. The lowest BCUT2D eigenvalue weighted by atomic mass is 10.1. The third kappa shape index (κ3) is 6.37. The Hall–Kier alpha value is -2.69. The van der Waals surface area contributed by atoms with Gasteiger partial charge in [-0.1, -0.05) is 26.0 Å². The lowest BCUT2D eigenvalue weighted by molar-refractivity contribution is -0.116. The van der Waals surface area contributed by atoms with E-state index in [0.29, 0.717) is 36.6 Å². The van der Waals surface area contributed by atoms with Gasteiger partial charge in [-0.15, -0.1) is 0 Å². The first-order valence-electron chi connectivity index (χ1n) is 8.36. The predicted octanol–water partition coefficient (Wildman–Crippen LogP) is 3.78. The molecule has 0 aliphatic rings. The predicted molar refractivity (Wildman–Crippen MR) is 97.0 cm³/mol. The van der Waals surface area contributed by atoms with Crippen molar-refractivity contribution in [1.82, 2.24) is 5.32 Å². The molecule has 0 fully saturated rings. The Morgan fingerprint density at radius 3 is 2.24 bits per heavy atom. The molecule has 0 heterocycles. The summed E-state index contributed by atoms with van der Waals surface area (Å²) in [6.07, 6.45) is 0.851. The van der Waals surface area contributed by atoms with Crippen molar-refractivity contribution in [3.05, 3.63) is 65.5 Å². The summed E-state index contributed by atoms with van der Waals surface area (Å²) in [7, 11) is 0. The highest BCUT2D eigenvalue weighted by Gasteiger charge is 2.07. The van der Waals surface area contributed by atoms with Gasteiger partial charge < -0.3 is 10.6 Å². The molecule has 0 bridgehead atoms. The first-order valence-corrected chi connectivity index (χ1v) is 8.36. The van der Waals surface area contributed by atoms with Gasteiger partial charge in [-0.05, 0) is 54.3 Å². The highest BCUT2D eigenvalue weighted by Crippen LogP contribution is 2.11. The van der Waals surface area contributed by atoms with E-state index < -0.39 is 0 Å². The van der Waals surface area contributed by atoms with Crippen LogP contribution in [0.2, 0.25) is 0 Å². The van der Waals surface area contributed by atoms with Gasteiger partial charge in [0, 0.05) is 24.2 Å². The van der Waals surface area contributed by atoms with E-state index in [2.05, 4.69) is 10.6 Å². The first kappa shape index (κ1) is 18.6. The normalized spacial score (nSPS) is 10.6. The number of carbonyl (C=O) groups is 2. The van der Waals surface area contributed by atoms with Crippen molar-refractivity contribution in [3.63, 3.8) is 0 Å². The van der Waals surface area contributed by atoms with Gasteiger partial charge in [0.15, 0.2) is 0 Å². The summed E-state index contributed by atoms with van der Waals surface area (Å²) < 4.78 is 12.8. The van der Waals surface area contributed by atoms with Gasteiger partial charge in [-0.3, -0.25) is 9.59 Å². The highest BCUT2D eigenvalue weighted by molar-refractivity contribution is 5.95. The second-order valence-corrected chi connectivity index (χ2v) is 6.36. The maximum absolute atomic E-state index is 12.8. The fourth-order valence-electron chi connectivity index (χ4n) is 2.24. The molecule has 2 amide bonds. The fraction of sp³-hybridized carbons (Fsp3) is 0.300. The molecule has 2 aromatic carbocycles. The molecule has 4 nitrogen and oxygen atoms in total. The summed E-state index contributed by atoms with van der Waals surface area (Å²) in [4.78, 5) is 23.9. The number of nitrogens with one attached hydrogen (secondary N) is 2. The standard InChI is InChI=1S/C20H23FN2O2/c1-14(2)13-22-20(25)16-6-10-18(11-7-16)23-19(24)12-5-15-3-8-17(21)9-4-15/h3-4,6-11,14H,5,12-13H2,1-2H3,(H,22,25)(H,23,24). The van der Waals surface area contributed by atoms with Crippen molar-refractivity contribution < 1.29 is 14.0 Å². The van der Waals surface area contributed by atoms with E-state index in [1.54, 1.807) is 36.4 Å². The number of benzene rings is 2. The molecule has 25 heavy (non-hydrogen) atoms. The van der Waals surface area contributed by atoms with E-state index in [1.165, 1.54) is 12.1 Å². The minimum absolute atomic E-state index is 0.122. The van der Waals surface area contributed by atoms with Gasteiger partial charge in [0.05, 0.1) is 0 Å². The van der Waals surface area contributed by atoms with Gasteiger partial charge in [-0.25, -0.2) is 4.39 Å². The van der Waals surface area contributed by atoms with Crippen LogP contribution < -0.4 is 10.6 Å². The van der Waals surface area contributed by atoms with Crippen LogP contribution in [0.4, 0.5) is 10.1 Å². The van der Waals surface area contributed by atoms with E-state index in [4.69, 9.17) is 0 Å². The number of hydrogen-bond donors (Lipinski definition) is 2. The Balaban J connectivity index is 1.82. The van der Waals surface area contributed by atoms with E-state index in [-0.39, 0.29) is 17.6 Å². The van der Waals surface area contributed by atoms with Crippen molar-refractivity contribution in [2.45, 2.75) is 26.7 Å². The van der Waals surface area contributed by atoms with Crippen molar-refractivity contribution in [2.75, 3.05) is 11.9 Å². The average molecular weight is 342 g/mol. The quantitative estimate of drug-likeness (QED) is 0.804. The summed E-state index contributed by atoms with van der Waals surface area (Å²) in [5, 5.41) is 5.64. The molecule has 0 radical (unpaired) electrons. The third-order valence-corrected chi connectivity index (χ3v) is 3.66. The minimum Gasteiger partial charge on any atom is -0.352 e. The molecule has 0 aliphatic heterocycles. The molecular weight excluding hydrogens is 319 g/mol.